The highest BCUT2D eigenvalue weighted by molar-refractivity contribution is 7.80. The van der Waals surface area contributed by atoms with Crippen LogP contribution in [-0.2, 0) is 4.74 Å². The van der Waals surface area contributed by atoms with Gasteiger partial charge in [0.25, 0.3) is 0 Å². The molecule has 2 heterocycles. The number of thiocarbonyl (C=S) groups is 1. The lowest BCUT2D eigenvalue weighted by atomic mass is 10.1. The Morgan fingerprint density at radius 1 is 1.44 bits per heavy atom. The third kappa shape index (κ3) is 2.44. The summed E-state index contributed by atoms with van der Waals surface area (Å²) in [5, 5.41) is 3.35. The molecule has 96 valence electrons. The first-order valence-electron chi connectivity index (χ1n) is 6.25. The quantitative estimate of drug-likeness (QED) is 0.793. The molecule has 1 saturated heterocycles. The van der Waals surface area contributed by atoms with Crippen molar-refractivity contribution in [2.24, 2.45) is 11.7 Å². The molecule has 1 aromatic rings. The maximum Gasteiger partial charge on any atom is 0.223 e. The summed E-state index contributed by atoms with van der Waals surface area (Å²) >= 11 is 4.91. The van der Waals surface area contributed by atoms with E-state index < -0.39 is 0 Å². The number of nitrogens with zero attached hydrogens (tertiary/aromatic N) is 2. The van der Waals surface area contributed by atoms with Gasteiger partial charge in [0.05, 0.1) is 12.1 Å². The van der Waals surface area contributed by atoms with Gasteiger partial charge in [0.15, 0.2) is 0 Å². The van der Waals surface area contributed by atoms with Crippen LogP contribution < -0.4 is 11.1 Å². The fourth-order valence-corrected chi connectivity index (χ4v) is 2.50. The van der Waals surface area contributed by atoms with Crippen LogP contribution >= 0.6 is 12.2 Å². The van der Waals surface area contributed by atoms with E-state index in [4.69, 9.17) is 22.7 Å². The molecular weight excluding hydrogens is 248 g/mol. The van der Waals surface area contributed by atoms with Crippen LogP contribution in [0, 0.1) is 5.92 Å². The minimum atomic E-state index is 0.293. The predicted octanol–water partition coefficient (Wildman–Crippen LogP) is 1.09. The van der Waals surface area contributed by atoms with Crippen molar-refractivity contribution in [3.05, 3.63) is 18.0 Å². The Balaban J connectivity index is 1.71. The Bertz CT molecular complexity index is 463. The van der Waals surface area contributed by atoms with Gasteiger partial charge in [-0.1, -0.05) is 12.2 Å². The van der Waals surface area contributed by atoms with Crippen molar-refractivity contribution in [1.82, 2.24) is 9.97 Å². The van der Waals surface area contributed by atoms with E-state index in [1.165, 1.54) is 12.8 Å². The molecule has 0 bridgehead atoms. The maximum absolute atomic E-state index is 5.77. The largest absolute Gasteiger partial charge is 0.388 e. The van der Waals surface area contributed by atoms with Crippen molar-refractivity contribution in [1.29, 1.82) is 0 Å². The molecule has 0 amide bonds. The first-order valence-corrected chi connectivity index (χ1v) is 6.66. The highest BCUT2D eigenvalue weighted by Gasteiger charge is 2.40. The summed E-state index contributed by atoms with van der Waals surface area (Å²) in [6.07, 6.45) is 5.53. The second-order valence-corrected chi connectivity index (χ2v) is 5.28. The summed E-state index contributed by atoms with van der Waals surface area (Å²) in [5.74, 6) is 1.30. The molecule has 0 radical (unpaired) electrons. The van der Waals surface area contributed by atoms with Crippen LogP contribution in [-0.4, -0.2) is 33.7 Å². The predicted molar refractivity (Wildman–Crippen MR) is 72.4 cm³/mol. The number of anilines is 1. The average molecular weight is 264 g/mol. The normalized spacial score (nSPS) is 27.1. The van der Waals surface area contributed by atoms with Crippen LogP contribution in [0.1, 0.15) is 25.0 Å². The van der Waals surface area contributed by atoms with Gasteiger partial charge < -0.3 is 15.8 Å². The summed E-state index contributed by atoms with van der Waals surface area (Å²) in [5.41, 5.74) is 6.17. The van der Waals surface area contributed by atoms with E-state index in [1.807, 2.05) is 0 Å². The molecule has 1 saturated carbocycles. The van der Waals surface area contributed by atoms with Gasteiger partial charge in [0, 0.05) is 12.8 Å². The molecule has 1 aliphatic heterocycles. The number of aromatic nitrogens is 2. The SMILES string of the molecule is NC(=S)c1ccnc(NC2CCOC2C2CC2)n1. The Kier molecular flexibility index (Phi) is 3.13. The molecule has 3 N–H and O–H groups in total. The number of hydrogen-bond donors (Lipinski definition) is 2. The topological polar surface area (TPSA) is 73.1 Å². The Morgan fingerprint density at radius 2 is 2.28 bits per heavy atom. The minimum absolute atomic E-state index is 0.293. The maximum atomic E-state index is 5.77. The van der Waals surface area contributed by atoms with E-state index in [0.717, 1.165) is 13.0 Å². The van der Waals surface area contributed by atoms with Crippen molar-refractivity contribution < 1.29 is 4.74 Å². The monoisotopic (exact) mass is 264 g/mol. The third-order valence-electron chi connectivity index (χ3n) is 3.44. The van der Waals surface area contributed by atoms with Gasteiger partial charge in [-0.15, -0.1) is 0 Å². The third-order valence-corrected chi connectivity index (χ3v) is 3.65. The molecule has 3 rings (SSSR count). The van der Waals surface area contributed by atoms with Crippen LogP contribution in [0.4, 0.5) is 5.95 Å². The molecule has 2 aliphatic rings. The summed E-state index contributed by atoms with van der Waals surface area (Å²) < 4.78 is 5.77. The molecule has 5 nitrogen and oxygen atoms in total. The second kappa shape index (κ2) is 4.78. The molecular formula is C12H16N4OS. The lowest BCUT2D eigenvalue weighted by Crippen LogP contribution is -2.32. The van der Waals surface area contributed by atoms with Gasteiger partial charge >= 0.3 is 0 Å². The summed E-state index contributed by atoms with van der Waals surface area (Å²) in [7, 11) is 0. The Morgan fingerprint density at radius 3 is 3.00 bits per heavy atom. The molecule has 2 unspecified atom stereocenters. The fourth-order valence-electron chi connectivity index (χ4n) is 2.39. The molecule has 2 fully saturated rings. The van der Waals surface area contributed by atoms with Crippen molar-refractivity contribution in [2.45, 2.75) is 31.4 Å². The smallest absolute Gasteiger partial charge is 0.223 e. The molecule has 1 aromatic heterocycles. The summed E-state index contributed by atoms with van der Waals surface area (Å²) in [6.45, 7) is 0.813. The van der Waals surface area contributed by atoms with Crippen molar-refractivity contribution in [2.75, 3.05) is 11.9 Å². The van der Waals surface area contributed by atoms with Crippen molar-refractivity contribution in [3.8, 4) is 0 Å². The van der Waals surface area contributed by atoms with Crippen LogP contribution in [0.15, 0.2) is 12.3 Å². The second-order valence-electron chi connectivity index (χ2n) is 4.84. The number of nitrogens with two attached hydrogens (primary N) is 1. The van der Waals surface area contributed by atoms with Crippen LogP contribution in [0.5, 0.6) is 0 Å². The zero-order chi connectivity index (χ0) is 12.5. The molecule has 0 spiro atoms. The standard InChI is InChI=1S/C12H16N4OS/c13-11(18)9-3-5-14-12(16-9)15-8-4-6-17-10(8)7-1-2-7/h3,5,7-8,10H,1-2,4,6H2,(H2,13,18)(H,14,15,16). The van der Waals surface area contributed by atoms with E-state index in [2.05, 4.69) is 15.3 Å². The van der Waals surface area contributed by atoms with Gasteiger partial charge in [-0.3, -0.25) is 0 Å². The molecule has 6 heteroatoms. The fraction of sp³-hybridized carbons (Fsp3) is 0.583. The Labute approximate surface area is 111 Å². The van der Waals surface area contributed by atoms with E-state index in [-0.39, 0.29) is 0 Å². The van der Waals surface area contributed by atoms with Crippen LogP contribution in [0.3, 0.4) is 0 Å². The Hall–Kier alpha value is -1.27. The van der Waals surface area contributed by atoms with Crippen LogP contribution in [0.2, 0.25) is 0 Å². The van der Waals surface area contributed by atoms with E-state index >= 15 is 0 Å². The molecule has 1 aliphatic carbocycles. The summed E-state index contributed by atoms with van der Waals surface area (Å²) in [4.78, 5) is 8.81. The van der Waals surface area contributed by atoms with Gasteiger partial charge in [-0.05, 0) is 31.2 Å². The number of rotatable bonds is 4. The van der Waals surface area contributed by atoms with E-state index in [0.29, 0.717) is 34.7 Å². The lowest BCUT2D eigenvalue weighted by molar-refractivity contribution is 0.0897. The van der Waals surface area contributed by atoms with Crippen LogP contribution in [0.25, 0.3) is 0 Å². The van der Waals surface area contributed by atoms with E-state index in [9.17, 15) is 0 Å². The number of nitrogens with one attached hydrogen (secondary N) is 1. The first-order chi connectivity index (χ1) is 8.74. The molecule has 0 aromatic carbocycles. The van der Waals surface area contributed by atoms with E-state index in [1.54, 1.807) is 12.3 Å². The number of ether oxygens (including phenoxy) is 1. The summed E-state index contributed by atoms with van der Waals surface area (Å²) in [6, 6.07) is 2.02. The highest BCUT2D eigenvalue weighted by Crippen LogP contribution is 2.39. The lowest BCUT2D eigenvalue weighted by Gasteiger charge is -2.19. The van der Waals surface area contributed by atoms with Gasteiger partial charge in [-0.25, -0.2) is 9.97 Å². The minimum Gasteiger partial charge on any atom is -0.388 e. The molecule has 18 heavy (non-hydrogen) atoms. The molecule has 2 atom stereocenters. The van der Waals surface area contributed by atoms with Crippen molar-refractivity contribution >= 4 is 23.2 Å². The highest BCUT2D eigenvalue weighted by atomic mass is 32.1. The van der Waals surface area contributed by atoms with Gasteiger partial charge in [0.2, 0.25) is 5.95 Å². The van der Waals surface area contributed by atoms with Crippen molar-refractivity contribution in [3.63, 3.8) is 0 Å². The number of hydrogen-bond acceptors (Lipinski definition) is 5. The average Bonchev–Trinajstić information content (AvgIpc) is 3.11. The van der Waals surface area contributed by atoms with Gasteiger partial charge in [0.1, 0.15) is 10.7 Å². The zero-order valence-electron chi connectivity index (χ0n) is 10.0. The van der Waals surface area contributed by atoms with Gasteiger partial charge in [-0.2, -0.15) is 0 Å². The zero-order valence-corrected chi connectivity index (χ0v) is 10.8. The first kappa shape index (κ1) is 11.8.